The van der Waals surface area contributed by atoms with Crippen LogP contribution in [0.5, 0.6) is 5.75 Å². The Labute approximate surface area is 117 Å². The number of carboxylic acids is 2. The summed E-state index contributed by atoms with van der Waals surface area (Å²) in [6.07, 6.45) is -1.58. The smallest absolute Gasteiger partial charge is 0.344 e. The number of rotatable bonds is 7. The molecule has 0 fully saturated rings. The third-order valence-electron chi connectivity index (χ3n) is 2.89. The molecule has 1 aromatic carbocycles. The Hall–Kier alpha value is -2.08. The first-order chi connectivity index (χ1) is 9.31. The number of nitrogens with two attached hydrogens (primary N) is 1. The van der Waals surface area contributed by atoms with Crippen LogP contribution in [-0.2, 0) is 9.59 Å². The van der Waals surface area contributed by atoms with Crippen LogP contribution in [0.1, 0.15) is 31.7 Å². The van der Waals surface area contributed by atoms with Gasteiger partial charge in [-0.25, -0.2) is 4.79 Å². The van der Waals surface area contributed by atoms with Gasteiger partial charge >= 0.3 is 11.9 Å². The molecule has 0 saturated carbocycles. The van der Waals surface area contributed by atoms with Gasteiger partial charge in [0.05, 0.1) is 0 Å². The van der Waals surface area contributed by atoms with Gasteiger partial charge in [-0.3, -0.25) is 4.79 Å². The molecule has 110 valence electrons. The number of carboxylic acid groups (broad SMARTS) is 2. The van der Waals surface area contributed by atoms with Crippen molar-refractivity contribution in [3.05, 3.63) is 29.8 Å². The normalized spacial score (nSPS) is 13.8. The third-order valence-corrected chi connectivity index (χ3v) is 2.89. The summed E-state index contributed by atoms with van der Waals surface area (Å²) < 4.78 is 5.29. The Kier molecular flexibility index (Phi) is 5.52. The molecule has 0 aromatic heterocycles. The number of carbonyl (C=O) groups is 2. The van der Waals surface area contributed by atoms with E-state index in [1.165, 1.54) is 0 Å². The summed E-state index contributed by atoms with van der Waals surface area (Å²) in [5, 5.41) is 17.7. The van der Waals surface area contributed by atoms with Crippen molar-refractivity contribution in [1.29, 1.82) is 0 Å². The van der Waals surface area contributed by atoms with E-state index >= 15 is 0 Å². The van der Waals surface area contributed by atoms with E-state index in [9.17, 15) is 9.59 Å². The Balaban J connectivity index is 2.75. The highest BCUT2D eigenvalue weighted by Crippen LogP contribution is 2.20. The number of benzene rings is 1. The molecule has 0 bridgehead atoms. The van der Waals surface area contributed by atoms with E-state index in [0.29, 0.717) is 11.7 Å². The fourth-order valence-corrected chi connectivity index (χ4v) is 1.63. The molecule has 0 aliphatic rings. The maximum atomic E-state index is 11.1. The summed E-state index contributed by atoms with van der Waals surface area (Å²) in [4.78, 5) is 21.7. The van der Waals surface area contributed by atoms with Crippen molar-refractivity contribution in [2.24, 2.45) is 5.73 Å². The monoisotopic (exact) mass is 281 g/mol. The topological polar surface area (TPSA) is 110 Å². The Morgan fingerprint density at radius 1 is 1.15 bits per heavy atom. The average molecular weight is 281 g/mol. The Morgan fingerprint density at radius 3 is 2.10 bits per heavy atom. The largest absolute Gasteiger partial charge is 0.480 e. The number of aliphatic carboxylic acids is 2. The average Bonchev–Trinajstić information content (AvgIpc) is 2.38. The number of hydrogen-bond acceptors (Lipinski definition) is 4. The first-order valence-electron chi connectivity index (χ1n) is 6.29. The molecule has 0 radical (unpaired) electrons. The van der Waals surface area contributed by atoms with E-state index in [0.717, 1.165) is 5.56 Å². The SMILES string of the molecule is CC(C)c1ccc(OC(C[C@H](N)C(=O)O)C(=O)O)cc1. The molecular weight excluding hydrogens is 262 g/mol. The molecule has 2 atom stereocenters. The van der Waals surface area contributed by atoms with Crippen LogP contribution in [0.25, 0.3) is 0 Å². The van der Waals surface area contributed by atoms with Gasteiger partial charge in [0.15, 0.2) is 6.10 Å². The Bertz CT molecular complexity index is 469. The summed E-state index contributed by atoms with van der Waals surface area (Å²) in [7, 11) is 0. The maximum absolute atomic E-state index is 11.1. The zero-order valence-corrected chi connectivity index (χ0v) is 11.4. The first-order valence-corrected chi connectivity index (χ1v) is 6.29. The Morgan fingerprint density at radius 2 is 1.70 bits per heavy atom. The van der Waals surface area contributed by atoms with Crippen molar-refractivity contribution in [3.8, 4) is 5.75 Å². The van der Waals surface area contributed by atoms with Crippen LogP contribution in [0, 0.1) is 0 Å². The highest BCUT2D eigenvalue weighted by Gasteiger charge is 2.26. The summed E-state index contributed by atoms with van der Waals surface area (Å²) in [6.45, 7) is 4.09. The molecule has 0 spiro atoms. The number of hydrogen-bond donors (Lipinski definition) is 3. The molecule has 0 heterocycles. The van der Waals surface area contributed by atoms with Gasteiger partial charge in [-0.1, -0.05) is 26.0 Å². The fourth-order valence-electron chi connectivity index (χ4n) is 1.63. The van der Waals surface area contributed by atoms with E-state index in [2.05, 4.69) is 0 Å². The van der Waals surface area contributed by atoms with Crippen LogP contribution in [0.3, 0.4) is 0 Å². The zero-order valence-electron chi connectivity index (χ0n) is 11.4. The summed E-state index contributed by atoms with van der Waals surface area (Å²) in [6, 6.07) is 5.74. The highest BCUT2D eigenvalue weighted by atomic mass is 16.5. The second-order valence-corrected chi connectivity index (χ2v) is 4.85. The molecule has 0 aliphatic carbocycles. The summed E-state index contributed by atoms with van der Waals surface area (Å²) >= 11 is 0. The van der Waals surface area contributed by atoms with Gasteiger partial charge in [-0.15, -0.1) is 0 Å². The van der Waals surface area contributed by atoms with Gasteiger partial charge < -0.3 is 20.7 Å². The highest BCUT2D eigenvalue weighted by molar-refractivity contribution is 5.77. The van der Waals surface area contributed by atoms with Gasteiger partial charge in [0.1, 0.15) is 11.8 Å². The van der Waals surface area contributed by atoms with Crippen molar-refractivity contribution in [2.45, 2.75) is 38.3 Å². The van der Waals surface area contributed by atoms with Crippen molar-refractivity contribution >= 4 is 11.9 Å². The predicted molar refractivity (Wildman–Crippen MR) is 72.8 cm³/mol. The van der Waals surface area contributed by atoms with Crippen LogP contribution in [0.4, 0.5) is 0 Å². The van der Waals surface area contributed by atoms with E-state index in [1.807, 2.05) is 26.0 Å². The molecule has 6 nitrogen and oxygen atoms in total. The summed E-state index contributed by atoms with van der Waals surface area (Å²) in [5.74, 6) is -1.76. The molecular formula is C14H19NO5. The van der Waals surface area contributed by atoms with Crippen molar-refractivity contribution in [3.63, 3.8) is 0 Å². The molecule has 4 N–H and O–H groups in total. The van der Waals surface area contributed by atoms with Crippen molar-refractivity contribution < 1.29 is 24.5 Å². The molecule has 6 heteroatoms. The molecule has 1 rings (SSSR count). The molecule has 1 unspecified atom stereocenters. The lowest BCUT2D eigenvalue weighted by Crippen LogP contribution is -2.39. The fraction of sp³-hybridized carbons (Fsp3) is 0.429. The quantitative estimate of drug-likeness (QED) is 0.697. The molecule has 20 heavy (non-hydrogen) atoms. The van der Waals surface area contributed by atoms with Gasteiger partial charge in [0.2, 0.25) is 0 Å². The van der Waals surface area contributed by atoms with Crippen molar-refractivity contribution in [1.82, 2.24) is 0 Å². The minimum Gasteiger partial charge on any atom is -0.480 e. The van der Waals surface area contributed by atoms with Crippen LogP contribution < -0.4 is 10.5 Å². The minimum atomic E-state index is -1.29. The van der Waals surface area contributed by atoms with E-state index in [-0.39, 0.29) is 6.42 Å². The van der Waals surface area contributed by atoms with Crippen molar-refractivity contribution in [2.75, 3.05) is 0 Å². The van der Waals surface area contributed by atoms with Crippen LogP contribution in [0.2, 0.25) is 0 Å². The van der Waals surface area contributed by atoms with Crippen LogP contribution in [0.15, 0.2) is 24.3 Å². The second-order valence-electron chi connectivity index (χ2n) is 4.85. The van der Waals surface area contributed by atoms with Gasteiger partial charge in [-0.05, 0) is 23.6 Å². The van der Waals surface area contributed by atoms with Crippen LogP contribution >= 0.6 is 0 Å². The van der Waals surface area contributed by atoms with E-state index in [4.69, 9.17) is 20.7 Å². The van der Waals surface area contributed by atoms with Gasteiger partial charge in [0.25, 0.3) is 0 Å². The zero-order chi connectivity index (χ0) is 15.3. The molecule has 0 saturated heterocycles. The second kappa shape index (κ2) is 6.91. The molecule has 1 aromatic rings. The lowest BCUT2D eigenvalue weighted by Gasteiger charge is -2.17. The minimum absolute atomic E-state index is 0.295. The standard InChI is InChI=1S/C14H19NO5/c1-8(2)9-3-5-10(6-4-9)20-12(14(18)19)7-11(15)13(16)17/h3-6,8,11-12H,7,15H2,1-2H3,(H,16,17)(H,18,19)/t11-,12?/m0/s1. The van der Waals surface area contributed by atoms with Gasteiger partial charge in [0, 0.05) is 6.42 Å². The third kappa shape index (κ3) is 4.55. The summed E-state index contributed by atoms with van der Waals surface area (Å²) in [5.41, 5.74) is 6.43. The van der Waals surface area contributed by atoms with Crippen LogP contribution in [-0.4, -0.2) is 34.3 Å². The maximum Gasteiger partial charge on any atom is 0.344 e. The van der Waals surface area contributed by atoms with Gasteiger partial charge in [-0.2, -0.15) is 0 Å². The lowest BCUT2D eigenvalue weighted by atomic mass is 10.0. The predicted octanol–water partition coefficient (Wildman–Crippen LogP) is 1.44. The van der Waals surface area contributed by atoms with E-state index < -0.39 is 24.1 Å². The lowest BCUT2D eigenvalue weighted by molar-refractivity contribution is -0.146. The first kappa shape index (κ1) is 16.0. The molecule has 0 amide bonds. The molecule has 0 aliphatic heterocycles. The number of ether oxygens (including phenoxy) is 1. The van der Waals surface area contributed by atoms with E-state index in [1.54, 1.807) is 12.1 Å².